The van der Waals surface area contributed by atoms with Gasteiger partial charge in [0.25, 0.3) is 0 Å². The number of hydrogen-bond donors (Lipinski definition) is 1. The van der Waals surface area contributed by atoms with E-state index in [1.807, 2.05) is 25.1 Å². The number of methoxy groups -OCH3 is 1. The third-order valence-corrected chi connectivity index (χ3v) is 3.31. The van der Waals surface area contributed by atoms with E-state index in [0.29, 0.717) is 11.6 Å². The molecule has 2 aromatic rings. The molecule has 1 heterocycles. The molecule has 0 spiro atoms. The standard InChI is InChI=1S/C13H13BrN2O2/c1-8-3-4-10(14)9(7-8)12(17)11-13(18-2)16-6-5-15-11/h3-7,12,17H,1-2H3. The van der Waals surface area contributed by atoms with Gasteiger partial charge in [0.2, 0.25) is 5.88 Å². The predicted octanol–water partition coefficient (Wildman–Crippen LogP) is 2.64. The fourth-order valence-electron chi connectivity index (χ4n) is 1.70. The molecule has 0 aliphatic carbocycles. The molecule has 1 aromatic heterocycles. The highest BCUT2D eigenvalue weighted by atomic mass is 79.9. The lowest BCUT2D eigenvalue weighted by molar-refractivity contribution is 0.207. The molecule has 0 saturated heterocycles. The Morgan fingerprint density at radius 2 is 2.00 bits per heavy atom. The van der Waals surface area contributed by atoms with Crippen LogP contribution in [0.4, 0.5) is 0 Å². The molecule has 5 heteroatoms. The molecule has 94 valence electrons. The number of hydrogen-bond acceptors (Lipinski definition) is 4. The summed E-state index contributed by atoms with van der Waals surface area (Å²) >= 11 is 3.43. The van der Waals surface area contributed by atoms with Gasteiger partial charge in [0.15, 0.2) is 0 Å². The van der Waals surface area contributed by atoms with Crippen molar-refractivity contribution in [1.82, 2.24) is 9.97 Å². The first-order valence-corrected chi connectivity index (χ1v) is 6.21. The van der Waals surface area contributed by atoms with Crippen LogP contribution in [0.2, 0.25) is 0 Å². The zero-order chi connectivity index (χ0) is 13.1. The van der Waals surface area contributed by atoms with E-state index in [0.717, 1.165) is 15.6 Å². The minimum atomic E-state index is -0.872. The molecule has 0 amide bonds. The number of aliphatic hydroxyl groups excluding tert-OH is 1. The van der Waals surface area contributed by atoms with Crippen LogP contribution >= 0.6 is 15.9 Å². The van der Waals surface area contributed by atoms with Gasteiger partial charge in [-0.2, -0.15) is 0 Å². The van der Waals surface area contributed by atoms with Crippen LogP contribution < -0.4 is 4.74 Å². The first-order chi connectivity index (χ1) is 8.63. The second-order valence-corrected chi connectivity index (χ2v) is 4.73. The van der Waals surface area contributed by atoms with Gasteiger partial charge in [0.1, 0.15) is 11.8 Å². The molecule has 0 saturated carbocycles. The number of aromatic nitrogens is 2. The van der Waals surface area contributed by atoms with Crippen LogP contribution in [0.3, 0.4) is 0 Å². The Bertz CT molecular complexity index is 560. The number of aliphatic hydroxyl groups is 1. The summed E-state index contributed by atoms with van der Waals surface area (Å²) in [5.74, 6) is 0.332. The molecular formula is C13H13BrN2O2. The Labute approximate surface area is 114 Å². The van der Waals surface area contributed by atoms with Gasteiger partial charge >= 0.3 is 0 Å². The zero-order valence-electron chi connectivity index (χ0n) is 10.1. The first-order valence-electron chi connectivity index (χ1n) is 5.42. The topological polar surface area (TPSA) is 55.2 Å². The summed E-state index contributed by atoms with van der Waals surface area (Å²) < 4.78 is 5.94. The van der Waals surface area contributed by atoms with Crippen LogP contribution in [0.1, 0.15) is 22.9 Å². The maximum absolute atomic E-state index is 10.4. The molecule has 1 aromatic carbocycles. The largest absolute Gasteiger partial charge is 0.480 e. The van der Waals surface area contributed by atoms with E-state index in [9.17, 15) is 5.11 Å². The van der Waals surface area contributed by atoms with Gasteiger partial charge in [0.05, 0.1) is 7.11 Å². The van der Waals surface area contributed by atoms with Crippen LogP contribution in [-0.2, 0) is 0 Å². The SMILES string of the molecule is COc1nccnc1C(O)c1cc(C)ccc1Br. The Morgan fingerprint density at radius 1 is 1.28 bits per heavy atom. The minimum Gasteiger partial charge on any atom is -0.480 e. The van der Waals surface area contributed by atoms with Gasteiger partial charge in [-0.05, 0) is 13.0 Å². The highest BCUT2D eigenvalue weighted by Gasteiger charge is 2.20. The van der Waals surface area contributed by atoms with E-state index in [2.05, 4.69) is 25.9 Å². The van der Waals surface area contributed by atoms with Crippen molar-refractivity contribution in [2.75, 3.05) is 7.11 Å². The zero-order valence-corrected chi connectivity index (χ0v) is 11.7. The number of aryl methyl sites for hydroxylation is 1. The summed E-state index contributed by atoms with van der Waals surface area (Å²) in [6.45, 7) is 1.97. The average Bonchev–Trinajstić information content (AvgIpc) is 2.40. The van der Waals surface area contributed by atoms with Crippen LogP contribution in [-0.4, -0.2) is 22.2 Å². The minimum absolute atomic E-state index is 0.332. The van der Waals surface area contributed by atoms with E-state index in [4.69, 9.17) is 4.74 Å². The molecular weight excluding hydrogens is 296 g/mol. The van der Waals surface area contributed by atoms with Crippen molar-refractivity contribution in [2.24, 2.45) is 0 Å². The van der Waals surface area contributed by atoms with Crippen LogP contribution in [0.5, 0.6) is 5.88 Å². The van der Waals surface area contributed by atoms with E-state index >= 15 is 0 Å². The predicted molar refractivity (Wildman–Crippen MR) is 71.5 cm³/mol. The highest BCUT2D eigenvalue weighted by molar-refractivity contribution is 9.10. The molecule has 1 N–H and O–H groups in total. The summed E-state index contributed by atoms with van der Waals surface area (Å²) in [5.41, 5.74) is 2.22. The molecule has 18 heavy (non-hydrogen) atoms. The van der Waals surface area contributed by atoms with Gasteiger partial charge in [0, 0.05) is 22.4 Å². The molecule has 1 atom stereocenters. The Kier molecular flexibility index (Phi) is 3.93. The van der Waals surface area contributed by atoms with Crippen LogP contribution in [0, 0.1) is 6.92 Å². The normalized spacial score (nSPS) is 12.2. The summed E-state index contributed by atoms with van der Waals surface area (Å²) in [5, 5.41) is 10.4. The van der Waals surface area contributed by atoms with E-state index in [-0.39, 0.29) is 0 Å². The fraction of sp³-hybridized carbons (Fsp3) is 0.231. The van der Waals surface area contributed by atoms with Crippen molar-refractivity contribution in [1.29, 1.82) is 0 Å². The summed E-state index contributed by atoms with van der Waals surface area (Å²) in [6, 6.07) is 5.77. The van der Waals surface area contributed by atoms with Crippen LogP contribution in [0.25, 0.3) is 0 Å². The first kappa shape index (κ1) is 13.0. The summed E-state index contributed by atoms with van der Waals surface area (Å²) in [4.78, 5) is 8.17. The number of rotatable bonds is 3. The van der Waals surface area contributed by atoms with E-state index in [1.54, 1.807) is 0 Å². The molecule has 4 nitrogen and oxygen atoms in total. The Morgan fingerprint density at radius 3 is 2.72 bits per heavy atom. The Balaban J connectivity index is 2.47. The van der Waals surface area contributed by atoms with Crippen molar-refractivity contribution in [3.8, 4) is 5.88 Å². The van der Waals surface area contributed by atoms with Crippen molar-refractivity contribution in [2.45, 2.75) is 13.0 Å². The Hall–Kier alpha value is -1.46. The summed E-state index contributed by atoms with van der Waals surface area (Å²) in [7, 11) is 1.51. The van der Waals surface area contributed by atoms with E-state index < -0.39 is 6.10 Å². The second kappa shape index (κ2) is 5.46. The quantitative estimate of drug-likeness (QED) is 0.947. The molecule has 0 radical (unpaired) electrons. The lowest BCUT2D eigenvalue weighted by atomic mass is 10.0. The fourth-order valence-corrected chi connectivity index (χ4v) is 2.16. The van der Waals surface area contributed by atoms with Crippen molar-refractivity contribution in [3.63, 3.8) is 0 Å². The number of ether oxygens (including phenoxy) is 1. The van der Waals surface area contributed by atoms with Crippen molar-refractivity contribution < 1.29 is 9.84 Å². The van der Waals surface area contributed by atoms with Gasteiger partial charge < -0.3 is 9.84 Å². The average molecular weight is 309 g/mol. The third-order valence-electron chi connectivity index (χ3n) is 2.59. The molecule has 0 fully saturated rings. The van der Waals surface area contributed by atoms with Gasteiger partial charge in [-0.25, -0.2) is 4.98 Å². The maximum Gasteiger partial charge on any atom is 0.238 e. The van der Waals surface area contributed by atoms with E-state index in [1.165, 1.54) is 19.5 Å². The lowest BCUT2D eigenvalue weighted by Gasteiger charge is -2.14. The van der Waals surface area contributed by atoms with Gasteiger partial charge in [-0.15, -0.1) is 0 Å². The highest BCUT2D eigenvalue weighted by Crippen LogP contribution is 2.31. The number of halogens is 1. The van der Waals surface area contributed by atoms with Gasteiger partial charge in [-0.3, -0.25) is 4.98 Å². The molecule has 2 rings (SSSR count). The lowest BCUT2D eigenvalue weighted by Crippen LogP contribution is -2.07. The second-order valence-electron chi connectivity index (χ2n) is 3.88. The smallest absolute Gasteiger partial charge is 0.238 e. The summed E-state index contributed by atoms with van der Waals surface area (Å²) in [6.07, 6.45) is 2.19. The molecule has 0 aliphatic rings. The molecule has 1 unspecified atom stereocenters. The number of nitrogens with zero attached hydrogens (tertiary/aromatic N) is 2. The molecule has 0 aliphatic heterocycles. The van der Waals surface area contributed by atoms with Crippen molar-refractivity contribution in [3.05, 3.63) is 51.9 Å². The third kappa shape index (κ3) is 2.52. The van der Waals surface area contributed by atoms with Crippen molar-refractivity contribution >= 4 is 15.9 Å². The van der Waals surface area contributed by atoms with Crippen LogP contribution in [0.15, 0.2) is 35.1 Å². The monoisotopic (exact) mass is 308 g/mol. The molecule has 0 bridgehead atoms. The maximum atomic E-state index is 10.4. The van der Waals surface area contributed by atoms with Gasteiger partial charge in [-0.1, -0.05) is 33.6 Å². The number of benzene rings is 1.